The molecule has 0 amide bonds. The van der Waals surface area contributed by atoms with Crippen LogP contribution in [0.4, 0.5) is 0 Å². The molecule has 5 aliphatic rings. The van der Waals surface area contributed by atoms with E-state index in [2.05, 4.69) is 47.6 Å². The van der Waals surface area contributed by atoms with E-state index in [1.165, 1.54) is 12.0 Å². The van der Waals surface area contributed by atoms with Crippen LogP contribution >= 0.6 is 0 Å². The Morgan fingerprint density at radius 1 is 0.423 bits per heavy atom. The van der Waals surface area contributed by atoms with E-state index >= 15 is 0 Å². The number of carbonyl (C=O) groups is 2. The summed E-state index contributed by atoms with van der Waals surface area (Å²) in [5, 5.41) is 47.2. The second kappa shape index (κ2) is 113. The number of hydrogen-bond donors (Lipinski definition) is 4. The highest BCUT2D eigenvalue weighted by Crippen LogP contribution is 2.76. The molecule has 0 aromatic rings. The van der Waals surface area contributed by atoms with E-state index in [0.29, 0.717) is 30.4 Å². The summed E-state index contributed by atoms with van der Waals surface area (Å²) in [5.41, 5.74) is -0.998. The molecule has 8 heteroatoms. The number of rotatable bonds is 6. The van der Waals surface area contributed by atoms with E-state index in [9.17, 15) is 30.0 Å². The quantitative estimate of drug-likeness (QED) is 0.117. The second-order valence-corrected chi connectivity index (χ2v) is 18.6. The zero-order valence-electron chi connectivity index (χ0n) is 79.8. The van der Waals surface area contributed by atoms with E-state index in [4.69, 9.17) is 9.47 Å². The summed E-state index contributed by atoms with van der Waals surface area (Å²) in [5.74, 6) is -0.738. The molecule has 12 atom stereocenters. The molecule has 97 heavy (non-hydrogen) atoms. The number of aliphatic hydroxyl groups is 4. The summed E-state index contributed by atoms with van der Waals surface area (Å²) in [6.07, 6.45) is 8.07. The second-order valence-electron chi connectivity index (χ2n) is 18.6. The average Bonchev–Trinajstić information content (AvgIpc) is 0.674. The van der Waals surface area contributed by atoms with Gasteiger partial charge in [0.25, 0.3) is 0 Å². The van der Waals surface area contributed by atoms with Crippen molar-refractivity contribution in [2.75, 3.05) is 13.2 Å². The maximum absolute atomic E-state index is 12.9. The normalized spacial score (nSPS) is 24.9. The van der Waals surface area contributed by atoms with Crippen LogP contribution in [0.15, 0.2) is 34.9 Å². The fourth-order valence-electron chi connectivity index (χ4n) is 11.8. The number of ether oxygens (including phenoxy) is 2. The summed E-state index contributed by atoms with van der Waals surface area (Å²) in [7, 11) is 0. The zero-order chi connectivity index (χ0) is 84.5. The molecule has 4 fully saturated rings. The molecule has 0 radical (unpaired) electrons. The topological polar surface area (TPSA) is 134 Å². The first-order chi connectivity index (χ1) is 46.6. The van der Waals surface area contributed by atoms with Gasteiger partial charge in [-0.05, 0) is 112 Å². The Kier molecular flexibility index (Phi) is 173. The van der Waals surface area contributed by atoms with Crippen molar-refractivity contribution in [2.24, 2.45) is 50.2 Å². The maximum atomic E-state index is 12.9. The van der Waals surface area contributed by atoms with Crippen molar-refractivity contribution in [3.8, 4) is 0 Å². The predicted molar refractivity (Wildman–Crippen MR) is 461 cm³/mol. The first-order valence-electron chi connectivity index (χ1n) is 42.7. The first-order valence-corrected chi connectivity index (χ1v) is 42.7. The lowest BCUT2D eigenvalue weighted by Crippen LogP contribution is -2.72. The van der Waals surface area contributed by atoms with Gasteiger partial charge in [0.05, 0.1) is 36.4 Å². The van der Waals surface area contributed by atoms with Crippen LogP contribution in [0.1, 0.15) is 453 Å². The van der Waals surface area contributed by atoms with Gasteiger partial charge in [-0.15, -0.1) is 0 Å². The van der Waals surface area contributed by atoms with E-state index in [1.54, 1.807) is 32.9 Å². The van der Waals surface area contributed by atoms with Gasteiger partial charge >= 0.3 is 11.9 Å². The highest BCUT2D eigenvalue weighted by Gasteiger charge is 2.73. The Morgan fingerprint density at radius 3 is 1.00 bits per heavy atom. The van der Waals surface area contributed by atoms with Crippen molar-refractivity contribution in [3.63, 3.8) is 0 Å². The van der Waals surface area contributed by atoms with Crippen LogP contribution in [0.2, 0.25) is 0 Å². The summed E-state index contributed by atoms with van der Waals surface area (Å²) in [6.45, 7) is 116. The third kappa shape index (κ3) is 50.1. The predicted octanol–water partition coefficient (Wildman–Crippen LogP) is 31.1. The highest BCUT2D eigenvalue weighted by molar-refractivity contribution is 5.88. The van der Waals surface area contributed by atoms with E-state index in [1.807, 2.05) is 339 Å². The Labute approximate surface area is 624 Å². The van der Waals surface area contributed by atoms with Crippen LogP contribution in [-0.2, 0) is 19.1 Å². The lowest BCUT2D eigenvalue weighted by atomic mass is 9.33. The SMILES string of the molecule is C/C=C(/C)C(=O)OC[C@@]12C(CC(C)(C)[C@@H](O)[C@@H]1O)C1=CCC3[C@@]4(C)CC[C@H](O)[C@](C)(COC(=O)/C(C)=C/C)C4CC[C@@]3(C)[C@]1(C)C[C@H]2O.CC.CC.CC.CC.CC.CC.CC.CC.CC.CC.CC.CC.CC.CC.CC.CC.CC.CC.CC.CC.CC.CC.CC.CCC. The number of carbonyl (C=O) groups excluding carboxylic acids is 2. The molecule has 3 unspecified atom stereocenters. The summed E-state index contributed by atoms with van der Waals surface area (Å²) >= 11 is 0. The molecule has 4 N–H and O–H groups in total. The lowest BCUT2D eigenvalue weighted by molar-refractivity contribution is -0.260. The number of allylic oxidation sites excluding steroid dienone is 4. The minimum absolute atomic E-state index is 0.136. The summed E-state index contributed by atoms with van der Waals surface area (Å²) in [6, 6.07) is 0. The fraction of sp³-hybridized carbons (Fsp3) is 0.910. The third-order valence-electron chi connectivity index (χ3n) is 15.4. The smallest absolute Gasteiger partial charge is 0.333 e. The molecule has 0 aliphatic heterocycles. The molecule has 0 aromatic heterocycles. The van der Waals surface area contributed by atoms with Crippen LogP contribution in [0.25, 0.3) is 0 Å². The molecule has 4 saturated carbocycles. The average molecular weight is 1410 g/mol. The summed E-state index contributed by atoms with van der Waals surface area (Å²) < 4.78 is 11.7. The maximum Gasteiger partial charge on any atom is 0.333 e. The molecular formula is C89H208O8. The Bertz CT molecular complexity index is 1420. The summed E-state index contributed by atoms with van der Waals surface area (Å²) in [4.78, 5) is 25.6. The molecule has 0 bridgehead atoms. The van der Waals surface area contributed by atoms with Gasteiger partial charge in [0, 0.05) is 16.6 Å². The Balaban J connectivity index is -0.0000000567. The van der Waals surface area contributed by atoms with E-state index in [0.717, 1.165) is 25.7 Å². The number of esters is 2. The van der Waals surface area contributed by atoms with Gasteiger partial charge in [-0.25, -0.2) is 9.59 Å². The molecule has 0 saturated heterocycles. The van der Waals surface area contributed by atoms with Gasteiger partial charge in [-0.1, -0.05) is 404 Å². The van der Waals surface area contributed by atoms with Crippen LogP contribution in [0, 0.1) is 50.2 Å². The number of hydrogen-bond acceptors (Lipinski definition) is 8. The molecule has 0 aromatic carbocycles. The van der Waals surface area contributed by atoms with Gasteiger partial charge in [0.15, 0.2) is 0 Å². The van der Waals surface area contributed by atoms with Crippen LogP contribution in [0.5, 0.6) is 0 Å². The number of aliphatic hydroxyl groups excluding tert-OH is 4. The van der Waals surface area contributed by atoms with Crippen molar-refractivity contribution >= 4 is 11.9 Å². The first kappa shape index (κ1) is 149. The standard InChI is InChI=1S/C40H62O8.C3H8.23C2H6/c1-11-23(3)33(45)47-21-37(8)27-15-18-38(9)28(36(27,7)17-16-29(37)41)14-13-25-26-19-35(5,6)31(43)32(44)40(26,30(42)20-39(25,38)10)22-48-34(46)24(4)12-2;1-3-2;23*1-2/h11-13,26-32,41-44H,14-22H2,1-10H3;3H2,1-2H3;23*1-2H3/b23-11+,24-12-;;;;;;;;;;;;;;;;;;;;;;;;/t26?,27?,28?,29-,30+,31-,32-,36-,37+,38+,39+,40-;;;;;;;;;;;;;;;;;;;;;;;;/m0......................../s1. The molecule has 5 aliphatic carbocycles. The van der Waals surface area contributed by atoms with Gasteiger partial charge in [-0.3, -0.25) is 0 Å². The largest absolute Gasteiger partial charge is 0.462 e. The van der Waals surface area contributed by atoms with Crippen LogP contribution in [0.3, 0.4) is 0 Å². The monoisotopic (exact) mass is 1410 g/mol. The lowest BCUT2D eigenvalue weighted by Gasteiger charge is -2.72. The van der Waals surface area contributed by atoms with Gasteiger partial charge in [-0.2, -0.15) is 0 Å². The molecule has 8 nitrogen and oxygen atoms in total. The van der Waals surface area contributed by atoms with Crippen molar-refractivity contribution in [1.82, 2.24) is 0 Å². The third-order valence-corrected chi connectivity index (χ3v) is 15.4. The molecule has 0 heterocycles. The van der Waals surface area contributed by atoms with Crippen molar-refractivity contribution in [1.29, 1.82) is 0 Å². The van der Waals surface area contributed by atoms with Crippen LogP contribution in [-0.4, -0.2) is 70.0 Å². The zero-order valence-corrected chi connectivity index (χ0v) is 79.8. The van der Waals surface area contributed by atoms with Crippen LogP contribution < -0.4 is 0 Å². The van der Waals surface area contributed by atoms with Crippen molar-refractivity contribution < 1.29 is 39.5 Å². The van der Waals surface area contributed by atoms with Gasteiger partial charge in [0.2, 0.25) is 0 Å². The van der Waals surface area contributed by atoms with Gasteiger partial charge in [0.1, 0.15) is 6.61 Å². The van der Waals surface area contributed by atoms with E-state index in [-0.39, 0.29) is 47.8 Å². The molecule has 0 spiro atoms. The Morgan fingerprint density at radius 2 is 0.711 bits per heavy atom. The van der Waals surface area contributed by atoms with Gasteiger partial charge < -0.3 is 29.9 Å². The highest BCUT2D eigenvalue weighted by atomic mass is 16.5. The minimum Gasteiger partial charge on any atom is -0.462 e. The van der Waals surface area contributed by atoms with E-state index < -0.39 is 52.0 Å². The molecule has 612 valence electrons. The van der Waals surface area contributed by atoms with Crippen molar-refractivity contribution in [3.05, 3.63) is 34.9 Å². The fourth-order valence-corrected chi connectivity index (χ4v) is 11.8. The van der Waals surface area contributed by atoms with Crippen molar-refractivity contribution in [2.45, 2.75) is 477 Å². The minimum atomic E-state index is -1.28. The molecular weight excluding hydrogens is 1200 g/mol. The molecule has 5 rings (SSSR count). The number of fused-ring (bicyclic) bond motifs is 7. The Hall–Kier alpha value is -2.00.